The summed E-state index contributed by atoms with van der Waals surface area (Å²) in [7, 11) is 0. The van der Waals surface area contributed by atoms with Crippen LogP contribution in [0.4, 0.5) is 0 Å². The third-order valence-electron chi connectivity index (χ3n) is 10.9. The van der Waals surface area contributed by atoms with Gasteiger partial charge in [0.1, 0.15) is 0 Å². The summed E-state index contributed by atoms with van der Waals surface area (Å²) in [6.45, 7) is 4.91. The summed E-state index contributed by atoms with van der Waals surface area (Å²) in [5, 5.41) is 23.1. The van der Waals surface area contributed by atoms with Crippen molar-refractivity contribution >= 4 is 11.9 Å². The van der Waals surface area contributed by atoms with E-state index in [0.717, 1.165) is 51.4 Å². The fourth-order valence-corrected chi connectivity index (χ4v) is 7.29. The molecule has 0 radical (unpaired) electrons. The van der Waals surface area contributed by atoms with Crippen LogP contribution in [-0.4, -0.2) is 47.4 Å². The van der Waals surface area contributed by atoms with E-state index in [1.165, 1.54) is 173 Å². The van der Waals surface area contributed by atoms with Gasteiger partial charge in [-0.3, -0.25) is 9.59 Å². The molecule has 52 heavy (non-hydrogen) atoms. The number of carbonyl (C=O) groups excluding carboxylic acids is 2. The predicted octanol–water partition coefficient (Wildman–Crippen LogP) is 13.2. The molecular weight excluding hydrogens is 647 g/mol. The number of nitrogens with one attached hydrogen (secondary N) is 1. The van der Waals surface area contributed by atoms with Gasteiger partial charge in [-0.25, -0.2) is 0 Å². The van der Waals surface area contributed by atoms with E-state index in [0.29, 0.717) is 25.9 Å². The first-order valence-electron chi connectivity index (χ1n) is 23.3. The number of ether oxygens (including phenoxy) is 1. The topological polar surface area (TPSA) is 95.9 Å². The van der Waals surface area contributed by atoms with Gasteiger partial charge in [0, 0.05) is 12.8 Å². The van der Waals surface area contributed by atoms with Gasteiger partial charge < -0.3 is 20.3 Å². The second-order valence-corrected chi connectivity index (χ2v) is 16.1. The number of hydrogen-bond acceptors (Lipinski definition) is 5. The molecule has 0 fully saturated rings. The number of carbonyl (C=O) groups is 2. The van der Waals surface area contributed by atoms with Gasteiger partial charge in [0.05, 0.1) is 25.4 Å². The molecule has 3 N–H and O–H groups in total. The van der Waals surface area contributed by atoms with Crippen molar-refractivity contribution in [3.63, 3.8) is 0 Å². The molecule has 6 nitrogen and oxygen atoms in total. The molecule has 0 aliphatic heterocycles. The molecule has 6 heteroatoms. The van der Waals surface area contributed by atoms with Crippen LogP contribution in [0.2, 0.25) is 0 Å². The maximum atomic E-state index is 12.4. The smallest absolute Gasteiger partial charge is 0.305 e. The molecule has 310 valence electrons. The Balaban J connectivity index is 3.43. The summed E-state index contributed by atoms with van der Waals surface area (Å²) in [4.78, 5) is 24.3. The Morgan fingerprint density at radius 3 is 1.17 bits per heavy atom. The number of aliphatic hydroxyl groups excluding tert-OH is 2. The Hall–Kier alpha value is -1.14. The number of aliphatic hydroxyl groups is 2. The SMILES string of the molecule is CCCCCCCCCCCCCCC(=O)OCCCCCCCCCCCCCCCC(=O)NC(CO)C(O)CCCCCCCCCCCC. The van der Waals surface area contributed by atoms with E-state index in [-0.39, 0.29) is 18.5 Å². The fourth-order valence-electron chi connectivity index (χ4n) is 7.29. The second kappa shape index (κ2) is 42.6. The number of hydrogen-bond donors (Lipinski definition) is 3. The minimum absolute atomic E-state index is 0.00489. The third-order valence-corrected chi connectivity index (χ3v) is 10.9. The van der Waals surface area contributed by atoms with Crippen LogP contribution in [0.1, 0.15) is 258 Å². The van der Waals surface area contributed by atoms with E-state index in [2.05, 4.69) is 19.2 Å². The van der Waals surface area contributed by atoms with Gasteiger partial charge in [0.2, 0.25) is 5.91 Å². The third kappa shape index (κ3) is 38.6. The van der Waals surface area contributed by atoms with E-state index in [9.17, 15) is 19.8 Å². The zero-order chi connectivity index (χ0) is 38.0. The number of esters is 1. The van der Waals surface area contributed by atoms with E-state index >= 15 is 0 Å². The molecule has 0 aliphatic rings. The van der Waals surface area contributed by atoms with Crippen molar-refractivity contribution in [3.05, 3.63) is 0 Å². The van der Waals surface area contributed by atoms with Crippen LogP contribution in [0, 0.1) is 0 Å². The molecule has 0 aliphatic carbocycles. The van der Waals surface area contributed by atoms with E-state index in [1.54, 1.807) is 0 Å². The summed E-state index contributed by atoms with van der Waals surface area (Å²) in [5.41, 5.74) is 0. The largest absolute Gasteiger partial charge is 0.466 e. The highest BCUT2D eigenvalue weighted by Gasteiger charge is 2.20. The molecule has 0 spiro atoms. The molecule has 0 aromatic heterocycles. The number of rotatable bonds is 43. The molecule has 0 rings (SSSR count). The van der Waals surface area contributed by atoms with Gasteiger partial charge in [-0.15, -0.1) is 0 Å². The highest BCUT2D eigenvalue weighted by molar-refractivity contribution is 5.76. The van der Waals surface area contributed by atoms with Crippen LogP contribution < -0.4 is 5.32 Å². The Bertz CT molecular complexity index is 732. The zero-order valence-electron chi connectivity index (χ0n) is 35.1. The molecule has 2 unspecified atom stereocenters. The van der Waals surface area contributed by atoms with Crippen molar-refractivity contribution in [1.29, 1.82) is 0 Å². The first kappa shape index (κ1) is 50.9. The summed E-state index contributed by atoms with van der Waals surface area (Å²) in [6.07, 6.45) is 44.8. The Labute approximate surface area is 324 Å². The van der Waals surface area contributed by atoms with Crippen molar-refractivity contribution in [3.8, 4) is 0 Å². The molecule has 0 saturated heterocycles. The van der Waals surface area contributed by atoms with Gasteiger partial charge in [-0.2, -0.15) is 0 Å². The molecule has 0 aromatic carbocycles. The maximum absolute atomic E-state index is 12.4. The van der Waals surface area contributed by atoms with E-state index in [4.69, 9.17) is 4.74 Å². The second-order valence-electron chi connectivity index (χ2n) is 16.1. The molecule has 0 heterocycles. The van der Waals surface area contributed by atoms with Crippen LogP contribution in [0.15, 0.2) is 0 Å². The quantitative estimate of drug-likeness (QED) is 0.0428. The molecule has 0 bridgehead atoms. The van der Waals surface area contributed by atoms with Gasteiger partial charge in [-0.1, -0.05) is 219 Å². The summed E-state index contributed by atoms with van der Waals surface area (Å²) < 4.78 is 5.44. The summed E-state index contributed by atoms with van der Waals surface area (Å²) in [6, 6.07) is -0.547. The van der Waals surface area contributed by atoms with Crippen LogP contribution in [0.3, 0.4) is 0 Å². The van der Waals surface area contributed by atoms with Crippen LogP contribution in [0.25, 0.3) is 0 Å². The number of unbranched alkanes of at least 4 members (excludes halogenated alkanes) is 32. The Kier molecular flexibility index (Phi) is 41.7. The summed E-state index contributed by atoms with van der Waals surface area (Å²) >= 11 is 0. The molecule has 0 aromatic rings. The molecular formula is C46H91NO5. The lowest BCUT2D eigenvalue weighted by molar-refractivity contribution is -0.143. The van der Waals surface area contributed by atoms with Gasteiger partial charge in [0.15, 0.2) is 0 Å². The highest BCUT2D eigenvalue weighted by atomic mass is 16.5. The normalized spacial score (nSPS) is 12.6. The predicted molar refractivity (Wildman–Crippen MR) is 223 cm³/mol. The fraction of sp³-hybridized carbons (Fsp3) is 0.957. The van der Waals surface area contributed by atoms with E-state index < -0.39 is 12.1 Å². The lowest BCUT2D eigenvalue weighted by atomic mass is 10.0. The van der Waals surface area contributed by atoms with Crippen LogP contribution >= 0.6 is 0 Å². The minimum atomic E-state index is -0.668. The average molecular weight is 738 g/mol. The van der Waals surface area contributed by atoms with Gasteiger partial charge in [-0.05, 0) is 25.7 Å². The van der Waals surface area contributed by atoms with Crippen molar-refractivity contribution in [2.45, 2.75) is 270 Å². The molecule has 0 saturated carbocycles. The van der Waals surface area contributed by atoms with Gasteiger partial charge in [0.25, 0.3) is 0 Å². The van der Waals surface area contributed by atoms with Crippen LogP contribution in [0.5, 0.6) is 0 Å². The Morgan fingerprint density at radius 2 is 0.788 bits per heavy atom. The Morgan fingerprint density at radius 1 is 0.462 bits per heavy atom. The summed E-state index contributed by atoms with van der Waals surface area (Å²) in [5.74, 6) is -0.0538. The van der Waals surface area contributed by atoms with Crippen molar-refractivity contribution in [1.82, 2.24) is 5.32 Å². The molecule has 2 atom stereocenters. The minimum Gasteiger partial charge on any atom is -0.466 e. The first-order chi connectivity index (χ1) is 25.5. The maximum Gasteiger partial charge on any atom is 0.305 e. The van der Waals surface area contributed by atoms with Crippen molar-refractivity contribution in [2.24, 2.45) is 0 Å². The van der Waals surface area contributed by atoms with Crippen molar-refractivity contribution < 1.29 is 24.5 Å². The van der Waals surface area contributed by atoms with Gasteiger partial charge >= 0.3 is 5.97 Å². The average Bonchev–Trinajstić information content (AvgIpc) is 3.14. The van der Waals surface area contributed by atoms with Crippen molar-refractivity contribution in [2.75, 3.05) is 13.2 Å². The monoisotopic (exact) mass is 738 g/mol. The first-order valence-corrected chi connectivity index (χ1v) is 23.3. The lowest BCUT2D eigenvalue weighted by Crippen LogP contribution is -2.45. The number of amides is 1. The van der Waals surface area contributed by atoms with E-state index in [1.807, 2.05) is 0 Å². The zero-order valence-corrected chi connectivity index (χ0v) is 35.1. The lowest BCUT2D eigenvalue weighted by Gasteiger charge is -2.22. The standard InChI is InChI=1S/C46H91NO5/c1-3-5-7-9-11-13-15-20-24-28-32-36-40-46(51)52-41-37-33-29-25-21-18-16-17-19-23-27-31-35-39-45(50)47-43(42-48)44(49)38-34-30-26-22-14-12-10-8-6-4-2/h43-44,48-49H,3-42H2,1-2H3,(H,47,50). The van der Waals surface area contributed by atoms with Crippen LogP contribution in [-0.2, 0) is 14.3 Å². The highest BCUT2D eigenvalue weighted by Crippen LogP contribution is 2.16. The molecule has 1 amide bonds.